The molecule has 1 aliphatic rings. The van der Waals surface area contributed by atoms with E-state index in [0.29, 0.717) is 29.8 Å². The average Bonchev–Trinajstić information content (AvgIpc) is 3.03. The van der Waals surface area contributed by atoms with Crippen molar-refractivity contribution in [3.63, 3.8) is 0 Å². The molecule has 3 rings (SSSR count). The van der Waals surface area contributed by atoms with E-state index in [9.17, 15) is 29.6 Å². The van der Waals surface area contributed by atoms with Crippen molar-refractivity contribution in [2.75, 3.05) is 6.54 Å². The molecule has 172 valence electrons. The Labute approximate surface area is 194 Å². The van der Waals surface area contributed by atoms with E-state index in [0.717, 1.165) is 0 Å². The number of non-ortho nitro benzene ring substituents is 1. The number of carboxylic acids is 1. The van der Waals surface area contributed by atoms with Crippen LogP contribution in [0.25, 0.3) is 5.76 Å². The van der Waals surface area contributed by atoms with Crippen molar-refractivity contribution < 1.29 is 29.5 Å². The van der Waals surface area contributed by atoms with Crippen LogP contribution in [-0.2, 0) is 14.4 Å². The molecule has 0 bridgehead atoms. The highest BCUT2D eigenvalue weighted by Crippen LogP contribution is 2.42. The average molecular weight is 473 g/mol. The number of hydrogen-bond acceptors (Lipinski definition) is 6. The Kier molecular flexibility index (Phi) is 7.44. The lowest BCUT2D eigenvalue weighted by Gasteiger charge is -2.26. The van der Waals surface area contributed by atoms with Gasteiger partial charge in [-0.1, -0.05) is 36.2 Å². The fourth-order valence-corrected chi connectivity index (χ4v) is 4.00. The number of carbonyl (C=O) groups excluding carboxylic acids is 2. The van der Waals surface area contributed by atoms with E-state index in [1.54, 1.807) is 24.3 Å². The number of amides is 1. The Balaban J connectivity index is 2.00. The monoisotopic (exact) mass is 472 g/mol. The summed E-state index contributed by atoms with van der Waals surface area (Å²) in [7, 11) is 0. The van der Waals surface area contributed by atoms with Crippen LogP contribution in [0.4, 0.5) is 5.69 Å². The number of nitro groups is 1. The van der Waals surface area contributed by atoms with Gasteiger partial charge in [-0.05, 0) is 36.6 Å². The van der Waals surface area contributed by atoms with Gasteiger partial charge in [0, 0.05) is 35.7 Å². The Hall–Kier alpha value is -3.72. The summed E-state index contributed by atoms with van der Waals surface area (Å²) >= 11 is 6.36. The predicted molar refractivity (Wildman–Crippen MR) is 120 cm³/mol. The molecule has 2 N–H and O–H groups in total. The summed E-state index contributed by atoms with van der Waals surface area (Å²) in [6.07, 6.45) is 1.43. The zero-order valence-corrected chi connectivity index (χ0v) is 18.2. The highest BCUT2D eigenvalue weighted by Gasteiger charge is 2.46. The predicted octanol–water partition coefficient (Wildman–Crippen LogP) is 4.31. The number of aliphatic carboxylic acids is 1. The minimum atomic E-state index is -0.951. The minimum Gasteiger partial charge on any atom is -0.507 e. The molecule has 1 saturated heterocycles. The fourth-order valence-electron chi connectivity index (χ4n) is 3.76. The SMILES string of the molecule is O=C(O)CCCCCN1C(=O)C(=O)/C(=C(/O)c2ccc([N+](=O)[O-])cc2)C1c1ccccc1Cl. The van der Waals surface area contributed by atoms with Crippen LogP contribution < -0.4 is 0 Å². The number of ketones is 1. The number of benzene rings is 2. The molecule has 9 nitrogen and oxygen atoms in total. The van der Waals surface area contributed by atoms with E-state index in [4.69, 9.17) is 16.7 Å². The largest absolute Gasteiger partial charge is 0.507 e. The normalized spacial score (nSPS) is 17.4. The summed E-state index contributed by atoms with van der Waals surface area (Å²) in [6, 6.07) is 10.7. The number of Topliss-reactive ketones (excluding diaryl/α,β-unsaturated/α-hetero) is 1. The van der Waals surface area contributed by atoms with Gasteiger partial charge in [-0.3, -0.25) is 24.5 Å². The lowest BCUT2D eigenvalue weighted by molar-refractivity contribution is -0.384. The van der Waals surface area contributed by atoms with Crippen LogP contribution in [-0.4, -0.2) is 44.2 Å². The number of halogens is 1. The molecule has 1 amide bonds. The molecule has 1 heterocycles. The van der Waals surface area contributed by atoms with E-state index in [-0.39, 0.29) is 29.8 Å². The van der Waals surface area contributed by atoms with Crippen molar-refractivity contribution in [3.8, 4) is 0 Å². The molecule has 33 heavy (non-hydrogen) atoms. The van der Waals surface area contributed by atoms with Crippen molar-refractivity contribution in [2.45, 2.75) is 31.7 Å². The van der Waals surface area contributed by atoms with E-state index >= 15 is 0 Å². The summed E-state index contributed by atoms with van der Waals surface area (Å²) in [6.45, 7) is 0.164. The van der Waals surface area contributed by atoms with Crippen molar-refractivity contribution in [2.24, 2.45) is 0 Å². The first kappa shape index (κ1) is 23.9. The fraction of sp³-hybridized carbons (Fsp3) is 0.261. The van der Waals surface area contributed by atoms with Gasteiger partial charge in [0.05, 0.1) is 16.5 Å². The standard InChI is InChI=1S/C23H21ClN2O7/c24-17-7-4-3-6-16(17)20-19(21(29)14-9-11-15(12-10-14)26(32)33)22(30)23(31)25(20)13-5-1-2-8-18(27)28/h3-4,6-7,9-12,20,29H,1-2,5,8,13H2,(H,27,28)/b21-19+. The smallest absolute Gasteiger partial charge is 0.303 e. The number of unbranched alkanes of at least 4 members (excludes halogenated alkanes) is 2. The third-order valence-electron chi connectivity index (χ3n) is 5.38. The van der Waals surface area contributed by atoms with Crippen LogP contribution in [0.3, 0.4) is 0 Å². The second kappa shape index (κ2) is 10.3. The number of carbonyl (C=O) groups is 3. The van der Waals surface area contributed by atoms with Crippen LogP contribution >= 0.6 is 11.6 Å². The molecule has 10 heteroatoms. The summed E-state index contributed by atoms with van der Waals surface area (Å²) in [4.78, 5) is 48.2. The van der Waals surface area contributed by atoms with Gasteiger partial charge in [0.25, 0.3) is 17.4 Å². The molecule has 2 aromatic rings. The molecule has 1 unspecified atom stereocenters. The number of nitrogens with zero attached hydrogens (tertiary/aromatic N) is 2. The summed E-state index contributed by atoms with van der Waals surface area (Å²) in [5.41, 5.74) is 0.257. The van der Waals surface area contributed by atoms with Crippen LogP contribution in [0.2, 0.25) is 5.02 Å². The third-order valence-corrected chi connectivity index (χ3v) is 5.73. The van der Waals surface area contributed by atoms with Gasteiger partial charge in [0.2, 0.25) is 0 Å². The molecule has 0 spiro atoms. The minimum absolute atomic E-state index is 0.00685. The van der Waals surface area contributed by atoms with Gasteiger partial charge >= 0.3 is 5.97 Å². The lowest BCUT2D eigenvalue weighted by atomic mass is 9.95. The number of nitro benzene ring substituents is 1. The van der Waals surface area contributed by atoms with Crippen molar-refractivity contribution in [3.05, 3.63) is 80.4 Å². The second-order valence-corrected chi connectivity index (χ2v) is 7.93. The number of likely N-dealkylation sites (tertiary alicyclic amines) is 1. The highest BCUT2D eigenvalue weighted by atomic mass is 35.5. The lowest BCUT2D eigenvalue weighted by Crippen LogP contribution is -2.30. The number of hydrogen-bond donors (Lipinski definition) is 2. The molecule has 0 saturated carbocycles. The quantitative estimate of drug-likeness (QED) is 0.138. The maximum atomic E-state index is 12.9. The van der Waals surface area contributed by atoms with E-state index in [1.165, 1.54) is 29.2 Å². The number of aliphatic hydroxyl groups is 1. The summed E-state index contributed by atoms with van der Waals surface area (Å²) < 4.78 is 0. The van der Waals surface area contributed by atoms with Crippen molar-refractivity contribution in [1.29, 1.82) is 0 Å². The number of aliphatic hydroxyl groups excluding tert-OH is 1. The van der Waals surface area contributed by atoms with Crippen molar-refractivity contribution in [1.82, 2.24) is 4.90 Å². The maximum Gasteiger partial charge on any atom is 0.303 e. The highest BCUT2D eigenvalue weighted by molar-refractivity contribution is 6.47. The molecule has 1 atom stereocenters. The van der Waals surface area contributed by atoms with Gasteiger partial charge in [0.15, 0.2) is 0 Å². The van der Waals surface area contributed by atoms with Gasteiger partial charge in [-0.15, -0.1) is 0 Å². The number of carboxylic acid groups (broad SMARTS) is 1. The third kappa shape index (κ3) is 5.20. The van der Waals surface area contributed by atoms with Crippen LogP contribution in [0, 0.1) is 10.1 Å². The van der Waals surface area contributed by atoms with E-state index in [1.807, 2.05) is 0 Å². The zero-order valence-electron chi connectivity index (χ0n) is 17.4. The molecular formula is C23H21ClN2O7. The molecule has 0 aliphatic carbocycles. The van der Waals surface area contributed by atoms with Gasteiger partial charge in [-0.2, -0.15) is 0 Å². The van der Waals surface area contributed by atoms with Crippen LogP contribution in [0.5, 0.6) is 0 Å². The maximum absolute atomic E-state index is 12.9. The molecule has 1 aliphatic heterocycles. The summed E-state index contributed by atoms with van der Waals surface area (Å²) in [5, 5.41) is 30.9. The molecule has 0 aromatic heterocycles. The van der Waals surface area contributed by atoms with Gasteiger partial charge in [0.1, 0.15) is 5.76 Å². The zero-order chi connectivity index (χ0) is 24.1. The molecule has 1 fully saturated rings. The molecule has 0 radical (unpaired) electrons. The Morgan fingerprint density at radius 1 is 1.03 bits per heavy atom. The Bertz CT molecular complexity index is 1130. The Morgan fingerprint density at radius 3 is 2.30 bits per heavy atom. The first-order valence-electron chi connectivity index (χ1n) is 10.2. The first-order valence-corrected chi connectivity index (χ1v) is 10.6. The Morgan fingerprint density at radius 2 is 1.70 bits per heavy atom. The van der Waals surface area contributed by atoms with Gasteiger partial charge < -0.3 is 15.1 Å². The van der Waals surface area contributed by atoms with E-state index < -0.39 is 34.4 Å². The van der Waals surface area contributed by atoms with Crippen LogP contribution in [0.15, 0.2) is 54.1 Å². The topological polar surface area (TPSA) is 138 Å². The van der Waals surface area contributed by atoms with Crippen LogP contribution in [0.1, 0.15) is 42.9 Å². The van der Waals surface area contributed by atoms with Crippen molar-refractivity contribution >= 4 is 40.7 Å². The second-order valence-electron chi connectivity index (χ2n) is 7.52. The molecule has 2 aromatic carbocycles. The first-order chi connectivity index (χ1) is 15.7. The summed E-state index contributed by atoms with van der Waals surface area (Å²) in [5.74, 6) is -3.06. The molecular weight excluding hydrogens is 452 g/mol. The van der Waals surface area contributed by atoms with Gasteiger partial charge in [-0.25, -0.2) is 0 Å². The number of rotatable bonds is 9. The van der Waals surface area contributed by atoms with E-state index in [2.05, 4.69) is 0 Å².